The van der Waals surface area contributed by atoms with Gasteiger partial charge in [0.15, 0.2) is 0 Å². The first kappa shape index (κ1) is 40.0. The Morgan fingerprint density at radius 3 is 1.00 bits per heavy atom. The largest absolute Gasteiger partial charge is 2.00 e. The van der Waals surface area contributed by atoms with Crippen LogP contribution in [0.25, 0.3) is 0 Å². The number of hydrogen-bond donors (Lipinski definition) is 0. The summed E-state index contributed by atoms with van der Waals surface area (Å²) in [7, 11) is 0. The number of esters is 2. The van der Waals surface area contributed by atoms with Gasteiger partial charge in [-0.2, -0.15) is 0 Å². The summed E-state index contributed by atoms with van der Waals surface area (Å²) in [4.78, 5) is 42.3. The normalized spacial score (nSPS) is 10.0. The molecule has 0 rings (SSSR count). The van der Waals surface area contributed by atoms with Crippen LogP contribution in [0.5, 0.6) is 0 Å². The van der Waals surface area contributed by atoms with Crippen LogP contribution in [0.2, 0.25) is 0 Å². The zero-order valence-corrected chi connectivity index (χ0v) is 26.5. The Bertz CT molecular complexity index is 506. The summed E-state index contributed by atoms with van der Waals surface area (Å²) in [5, 5.41) is 20.2. The van der Waals surface area contributed by atoms with Gasteiger partial charge in [-0.1, -0.05) is 104 Å². The van der Waals surface area contributed by atoms with Gasteiger partial charge in [-0.3, -0.25) is 9.59 Å². The van der Waals surface area contributed by atoms with Gasteiger partial charge in [-0.15, -0.1) is 0 Å². The topological polar surface area (TPSA) is 133 Å². The van der Waals surface area contributed by atoms with Gasteiger partial charge in [0.1, 0.15) is 0 Å². The molecule has 0 N–H and O–H groups in total. The van der Waals surface area contributed by atoms with Crippen molar-refractivity contribution in [3.8, 4) is 0 Å². The second-order valence-electron chi connectivity index (χ2n) is 9.13. The average Bonchev–Trinajstić information content (AvgIpc) is 2.84. The first-order valence-corrected chi connectivity index (χ1v) is 14.0. The summed E-state index contributed by atoms with van der Waals surface area (Å²) in [6.07, 6.45) is 18.4. The van der Waals surface area contributed by atoms with Crippen LogP contribution in [0.15, 0.2) is 0 Å². The molecule has 37 heavy (non-hydrogen) atoms. The Balaban J connectivity index is -0.000000608. The van der Waals surface area contributed by atoms with Gasteiger partial charge in [0, 0.05) is 11.9 Å². The second-order valence-corrected chi connectivity index (χ2v) is 9.13. The van der Waals surface area contributed by atoms with E-state index < -0.39 is 23.9 Å². The molecule has 0 unspecified atom stereocenters. The maximum Gasteiger partial charge on any atom is 2.00 e. The van der Waals surface area contributed by atoms with Gasteiger partial charge in [0.25, 0.3) is 0 Å². The molecule has 0 aromatic rings. The zero-order chi connectivity index (χ0) is 27.3. The molecular weight excluding hydrogens is 530 g/mol. The molecular formula is C28H50O8Zn. The van der Waals surface area contributed by atoms with E-state index >= 15 is 0 Å². The molecule has 0 saturated heterocycles. The quantitative estimate of drug-likeness (QED) is 0.0933. The fourth-order valence-corrected chi connectivity index (χ4v) is 3.40. The van der Waals surface area contributed by atoms with Crippen LogP contribution in [0.3, 0.4) is 0 Å². The van der Waals surface area contributed by atoms with E-state index in [1.165, 1.54) is 77.0 Å². The number of unbranched alkanes of at least 4 members (excludes halogenated alkanes) is 14. The minimum absolute atomic E-state index is 0. The molecule has 0 spiro atoms. The molecule has 0 aliphatic rings. The summed E-state index contributed by atoms with van der Waals surface area (Å²) in [5.41, 5.74) is 0. The molecule has 0 atom stereocenters. The van der Waals surface area contributed by atoms with E-state index in [1.807, 2.05) is 0 Å². The molecule has 0 aliphatic heterocycles. The van der Waals surface area contributed by atoms with Crippen molar-refractivity contribution in [1.29, 1.82) is 0 Å². The van der Waals surface area contributed by atoms with Gasteiger partial charge in [-0.05, 0) is 25.7 Å². The number of carboxylic acid groups (broad SMARTS) is 2. The fraction of sp³-hybridized carbons (Fsp3) is 0.857. The summed E-state index contributed by atoms with van der Waals surface area (Å²) in [5.74, 6) is -3.30. The van der Waals surface area contributed by atoms with Crippen molar-refractivity contribution in [3.05, 3.63) is 0 Å². The number of carbonyl (C=O) groups excluding carboxylic acids is 4. The monoisotopic (exact) mass is 578 g/mol. The maximum absolute atomic E-state index is 11.0. The third-order valence-corrected chi connectivity index (χ3v) is 5.59. The number of ether oxygens (including phenoxy) is 2. The van der Waals surface area contributed by atoms with Crippen LogP contribution < -0.4 is 10.2 Å². The third-order valence-electron chi connectivity index (χ3n) is 5.59. The van der Waals surface area contributed by atoms with Crippen molar-refractivity contribution in [2.75, 3.05) is 13.2 Å². The van der Waals surface area contributed by atoms with Crippen molar-refractivity contribution >= 4 is 23.9 Å². The predicted molar refractivity (Wildman–Crippen MR) is 136 cm³/mol. The summed E-state index contributed by atoms with van der Waals surface area (Å²) in [6.45, 7) is 5.21. The van der Waals surface area contributed by atoms with Crippen LogP contribution in [-0.2, 0) is 48.1 Å². The van der Waals surface area contributed by atoms with Gasteiger partial charge in [0.2, 0.25) is 0 Å². The van der Waals surface area contributed by atoms with Gasteiger partial charge < -0.3 is 29.3 Å². The Morgan fingerprint density at radius 1 is 0.459 bits per heavy atom. The average molecular weight is 580 g/mol. The van der Waals surface area contributed by atoms with Crippen molar-refractivity contribution in [2.45, 2.75) is 142 Å². The molecule has 0 fully saturated rings. The molecule has 0 aromatic heterocycles. The minimum Gasteiger partial charge on any atom is -0.550 e. The van der Waals surface area contributed by atoms with Crippen LogP contribution in [0.4, 0.5) is 0 Å². The van der Waals surface area contributed by atoms with Crippen LogP contribution >= 0.6 is 0 Å². The molecule has 0 saturated carbocycles. The first-order chi connectivity index (χ1) is 17.3. The Labute approximate surface area is 237 Å². The van der Waals surface area contributed by atoms with Crippen molar-refractivity contribution in [3.63, 3.8) is 0 Å². The second kappa shape index (κ2) is 32.5. The Morgan fingerprint density at radius 2 is 0.730 bits per heavy atom. The molecule has 9 heteroatoms. The van der Waals surface area contributed by atoms with Gasteiger partial charge >= 0.3 is 31.4 Å². The molecule has 0 heterocycles. The molecule has 212 valence electrons. The number of aliphatic carboxylic acids is 2. The standard InChI is InChI=1S/2C14H26O4.Zn/c2*1-2-3-4-5-6-7-8-9-12-18-14(17)11-10-13(15)16;/h2*2-12H2,1H3,(H,15,16);/q;;+2/p-2. The summed E-state index contributed by atoms with van der Waals surface area (Å²) >= 11 is 0. The maximum atomic E-state index is 11.0. The molecule has 0 bridgehead atoms. The number of rotatable bonds is 24. The number of hydrogen-bond acceptors (Lipinski definition) is 8. The van der Waals surface area contributed by atoms with E-state index in [4.69, 9.17) is 9.47 Å². The molecule has 0 aromatic carbocycles. The molecule has 0 aliphatic carbocycles. The van der Waals surface area contributed by atoms with E-state index in [0.29, 0.717) is 13.2 Å². The zero-order valence-electron chi connectivity index (χ0n) is 23.5. The minimum atomic E-state index is -1.21. The van der Waals surface area contributed by atoms with Crippen LogP contribution in [0.1, 0.15) is 142 Å². The van der Waals surface area contributed by atoms with Crippen molar-refractivity contribution in [1.82, 2.24) is 0 Å². The Kier molecular flexibility index (Phi) is 35.2. The summed E-state index contributed by atoms with van der Waals surface area (Å²) < 4.78 is 9.81. The van der Waals surface area contributed by atoms with E-state index in [0.717, 1.165) is 25.7 Å². The van der Waals surface area contributed by atoms with Crippen LogP contribution in [0, 0.1) is 0 Å². The third kappa shape index (κ3) is 39.2. The Hall–Kier alpha value is -1.50. The van der Waals surface area contributed by atoms with Crippen molar-refractivity contribution in [2.24, 2.45) is 0 Å². The first-order valence-electron chi connectivity index (χ1n) is 14.0. The van der Waals surface area contributed by atoms with Crippen molar-refractivity contribution < 1.29 is 58.3 Å². The van der Waals surface area contributed by atoms with Gasteiger partial charge in [-0.25, -0.2) is 0 Å². The SMILES string of the molecule is CCCCCCCCCCOC(=O)CCC(=O)[O-].CCCCCCCCCCOC(=O)CCC(=O)[O-].[Zn+2]. The van der Waals surface area contributed by atoms with E-state index in [1.54, 1.807) is 0 Å². The molecule has 0 amide bonds. The molecule has 0 radical (unpaired) electrons. The smallest absolute Gasteiger partial charge is 0.550 e. The number of carbonyl (C=O) groups is 4. The predicted octanol–water partition coefficient (Wildman–Crippen LogP) is 4.40. The van der Waals surface area contributed by atoms with E-state index in [-0.39, 0.29) is 45.2 Å². The van der Waals surface area contributed by atoms with Crippen LogP contribution in [-0.4, -0.2) is 37.1 Å². The molecule has 8 nitrogen and oxygen atoms in total. The van der Waals surface area contributed by atoms with Gasteiger partial charge in [0.05, 0.1) is 26.1 Å². The number of carboxylic acids is 2. The summed E-state index contributed by atoms with van der Waals surface area (Å²) in [6, 6.07) is 0. The fourth-order valence-electron chi connectivity index (χ4n) is 3.40. The van der Waals surface area contributed by atoms with E-state index in [2.05, 4.69) is 13.8 Å². The van der Waals surface area contributed by atoms with E-state index in [9.17, 15) is 29.4 Å².